The third-order valence-electron chi connectivity index (χ3n) is 2.27. The van der Waals surface area contributed by atoms with Gasteiger partial charge in [0.2, 0.25) is 5.95 Å². The number of aromatic nitrogens is 2. The molecule has 0 saturated carbocycles. The Hall–Kier alpha value is -2.04. The van der Waals surface area contributed by atoms with E-state index in [9.17, 15) is 26.7 Å². The van der Waals surface area contributed by atoms with Gasteiger partial charge in [0.05, 0.1) is 5.52 Å². The van der Waals surface area contributed by atoms with E-state index in [-0.39, 0.29) is 17.0 Å². The Bertz CT molecular complexity index is 685. The predicted octanol–water partition coefficient (Wildman–Crippen LogP) is 3.90. The van der Waals surface area contributed by atoms with E-state index < -0.39 is 34.2 Å². The van der Waals surface area contributed by atoms with E-state index in [0.29, 0.717) is 0 Å². The number of nitrogens with zero attached hydrogens (tertiary/aromatic N) is 1. The lowest BCUT2D eigenvalue weighted by atomic mass is 10.3. The number of hydrogen-bond acceptors (Lipinski definition) is 3. The number of fused-ring (bicyclic) bond motifs is 1. The Balaban J connectivity index is 2.41. The van der Waals surface area contributed by atoms with Gasteiger partial charge < -0.3 is 10.1 Å². The molecule has 0 aliphatic rings. The summed E-state index contributed by atoms with van der Waals surface area (Å²) >= 11 is -0.702. The molecule has 0 atom stereocenters. The van der Waals surface area contributed by atoms with Crippen molar-refractivity contribution in [3.63, 3.8) is 0 Å². The topological polar surface area (TPSA) is 78.0 Å². The fourth-order valence-electron chi connectivity index (χ4n) is 1.44. The maximum atomic E-state index is 13.1. The minimum Gasteiger partial charge on any atom is -0.465 e. The van der Waals surface area contributed by atoms with E-state index >= 15 is 0 Å². The second-order valence-corrected chi connectivity index (χ2v) is 4.94. The van der Waals surface area contributed by atoms with E-state index in [4.69, 9.17) is 5.11 Å². The molecular formula is C10H6F5N3O2S. The van der Waals surface area contributed by atoms with Gasteiger partial charge in [0.25, 0.3) is 0 Å². The van der Waals surface area contributed by atoms with Gasteiger partial charge >= 0.3 is 17.5 Å². The summed E-state index contributed by atoms with van der Waals surface area (Å²) in [7, 11) is 0. The van der Waals surface area contributed by atoms with Gasteiger partial charge in [-0.15, -0.1) is 0 Å². The number of rotatable bonds is 3. The fourth-order valence-corrected chi connectivity index (χ4v) is 2.24. The number of H-pyrrole nitrogens is 1. The summed E-state index contributed by atoms with van der Waals surface area (Å²) in [4.78, 5) is 16.1. The van der Waals surface area contributed by atoms with Crippen LogP contribution in [-0.4, -0.2) is 32.6 Å². The number of para-hydroxylation sites is 1. The van der Waals surface area contributed by atoms with Crippen LogP contribution in [0.5, 0.6) is 0 Å². The van der Waals surface area contributed by atoms with E-state index in [2.05, 4.69) is 9.97 Å². The molecule has 2 rings (SSSR count). The van der Waals surface area contributed by atoms with Crippen LogP contribution in [0.2, 0.25) is 0 Å². The standard InChI is InChI=1S/C10H6F5N3O2S/c11-9(12,13)10(14,15)21-5-3-1-2-4-6(5)17-7(16-4)18-8(19)20/h1-3H,(H,19,20)(H2,16,17,18). The van der Waals surface area contributed by atoms with Crippen molar-refractivity contribution in [2.24, 2.45) is 0 Å². The molecular weight excluding hydrogens is 321 g/mol. The zero-order chi connectivity index (χ0) is 15.8. The third-order valence-corrected chi connectivity index (χ3v) is 3.31. The minimum absolute atomic E-state index is 0.127. The molecule has 1 amide bonds. The Morgan fingerprint density at radius 1 is 1.29 bits per heavy atom. The number of carboxylic acid groups (broad SMARTS) is 1. The molecule has 11 heteroatoms. The van der Waals surface area contributed by atoms with Crippen LogP contribution in [0.15, 0.2) is 23.1 Å². The molecule has 0 unspecified atom stereocenters. The molecule has 1 aromatic carbocycles. The fraction of sp³-hybridized carbons (Fsp3) is 0.200. The first-order chi connectivity index (χ1) is 9.60. The number of nitrogens with one attached hydrogen (secondary N) is 2. The smallest absolute Gasteiger partial charge is 0.464 e. The molecule has 1 aromatic heterocycles. The number of carbonyl (C=O) groups is 1. The Morgan fingerprint density at radius 3 is 2.52 bits per heavy atom. The van der Waals surface area contributed by atoms with Crippen molar-refractivity contribution in [3.8, 4) is 0 Å². The molecule has 0 spiro atoms. The summed E-state index contributed by atoms with van der Waals surface area (Å²) in [6.45, 7) is 0. The molecule has 3 N–H and O–H groups in total. The summed E-state index contributed by atoms with van der Waals surface area (Å²) in [5, 5.41) is 5.37. The molecule has 21 heavy (non-hydrogen) atoms. The Kier molecular flexibility index (Phi) is 3.70. The highest BCUT2D eigenvalue weighted by Crippen LogP contribution is 2.48. The van der Waals surface area contributed by atoms with Crippen LogP contribution in [0, 0.1) is 0 Å². The molecule has 0 saturated heterocycles. The van der Waals surface area contributed by atoms with Crippen LogP contribution < -0.4 is 5.32 Å². The second kappa shape index (κ2) is 5.06. The van der Waals surface area contributed by atoms with Crippen molar-refractivity contribution in [2.45, 2.75) is 16.3 Å². The molecule has 5 nitrogen and oxygen atoms in total. The number of halogens is 5. The highest BCUT2D eigenvalue weighted by atomic mass is 32.2. The summed E-state index contributed by atoms with van der Waals surface area (Å²) in [5.74, 6) is -0.277. The third kappa shape index (κ3) is 3.17. The minimum atomic E-state index is -5.71. The molecule has 0 fully saturated rings. The maximum absolute atomic E-state index is 13.1. The average molecular weight is 327 g/mol. The first kappa shape index (κ1) is 15.4. The van der Waals surface area contributed by atoms with Crippen LogP contribution in [0.4, 0.5) is 32.7 Å². The quantitative estimate of drug-likeness (QED) is 0.590. The van der Waals surface area contributed by atoms with Gasteiger partial charge in [0.15, 0.2) is 0 Å². The summed E-state index contributed by atoms with van der Waals surface area (Å²) in [5.41, 5.74) is -0.0584. The first-order valence-corrected chi connectivity index (χ1v) is 6.04. The summed E-state index contributed by atoms with van der Waals surface area (Å²) in [6, 6.07) is 3.66. The lowest BCUT2D eigenvalue weighted by Gasteiger charge is -2.18. The largest absolute Gasteiger partial charge is 0.465 e. The lowest BCUT2D eigenvalue weighted by molar-refractivity contribution is -0.237. The normalized spacial score (nSPS) is 12.6. The maximum Gasteiger partial charge on any atom is 0.464 e. The van der Waals surface area contributed by atoms with Gasteiger partial charge in [0.1, 0.15) is 5.52 Å². The number of imidazole rings is 1. The number of thioether (sulfide) groups is 1. The molecule has 114 valence electrons. The number of benzene rings is 1. The van der Waals surface area contributed by atoms with Gasteiger partial charge in [-0.05, 0) is 23.9 Å². The van der Waals surface area contributed by atoms with Crippen molar-refractivity contribution >= 4 is 34.8 Å². The van der Waals surface area contributed by atoms with Crippen LogP contribution in [0.1, 0.15) is 0 Å². The molecule has 0 aliphatic heterocycles. The van der Waals surface area contributed by atoms with E-state index in [1.54, 1.807) is 0 Å². The van der Waals surface area contributed by atoms with E-state index in [1.807, 2.05) is 5.32 Å². The number of hydrogen-bond donors (Lipinski definition) is 3. The summed E-state index contributed by atoms with van der Waals surface area (Å²) in [6.07, 6.45) is -7.16. The lowest BCUT2D eigenvalue weighted by Crippen LogP contribution is -2.32. The second-order valence-electron chi connectivity index (χ2n) is 3.78. The summed E-state index contributed by atoms with van der Waals surface area (Å²) < 4.78 is 62.7. The molecule has 1 heterocycles. The first-order valence-electron chi connectivity index (χ1n) is 5.22. The predicted molar refractivity (Wildman–Crippen MR) is 64.6 cm³/mol. The number of amides is 1. The Labute approximate surface area is 117 Å². The number of aromatic amines is 1. The molecule has 0 bridgehead atoms. The highest BCUT2D eigenvalue weighted by Gasteiger charge is 2.58. The van der Waals surface area contributed by atoms with Crippen molar-refractivity contribution in [1.82, 2.24) is 9.97 Å². The van der Waals surface area contributed by atoms with Crippen LogP contribution in [0.3, 0.4) is 0 Å². The van der Waals surface area contributed by atoms with Crippen molar-refractivity contribution in [2.75, 3.05) is 5.32 Å². The van der Waals surface area contributed by atoms with Gasteiger partial charge in [-0.1, -0.05) is 6.07 Å². The zero-order valence-corrected chi connectivity index (χ0v) is 10.6. The number of alkyl halides is 5. The SMILES string of the molecule is O=C(O)Nc1nc2c(SC(F)(F)C(F)(F)F)cccc2[nH]1. The van der Waals surface area contributed by atoms with Crippen molar-refractivity contribution in [3.05, 3.63) is 18.2 Å². The van der Waals surface area contributed by atoms with Gasteiger partial charge in [-0.3, -0.25) is 5.32 Å². The van der Waals surface area contributed by atoms with E-state index in [1.165, 1.54) is 12.1 Å². The zero-order valence-electron chi connectivity index (χ0n) is 9.83. The molecule has 2 aromatic rings. The molecule has 0 aliphatic carbocycles. The van der Waals surface area contributed by atoms with Crippen molar-refractivity contribution in [1.29, 1.82) is 0 Å². The number of anilines is 1. The Morgan fingerprint density at radius 2 is 1.95 bits per heavy atom. The van der Waals surface area contributed by atoms with Crippen LogP contribution >= 0.6 is 11.8 Å². The van der Waals surface area contributed by atoms with Gasteiger partial charge in [-0.2, -0.15) is 22.0 Å². The van der Waals surface area contributed by atoms with Crippen molar-refractivity contribution < 1.29 is 31.9 Å². The highest BCUT2D eigenvalue weighted by molar-refractivity contribution is 8.00. The average Bonchev–Trinajstić information content (AvgIpc) is 2.69. The van der Waals surface area contributed by atoms with Crippen LogP contribution in [0.25, 0.3) is 11.0 Å². The molecule has 0 radical (unpaired) electrons. The monoisotopic (exact) mass is 327 g/mol. The van der Waals surface area contributed by atoms with Gasteiger partial charge in [-0.25, -0.2) is 9.78 Å². The van der Waals surface area contributed by atoms with E-state index in [0.717, 1.165) is 6.07 Å². The van der Waals surface area contributed by atoms with Crippen LogP contribution in [-0.2, 0) is 0 Å². The van der Waals surface area contributed by atoms with Gasteiger partial charge in [0, 0.05) is 4.90 Å².